The third kappa shape index (κ3) is 2.29. The fraction of sp³-hybridized carbons (Fsp3) is 0.562. The Hall–Kier alpha value is -1.11. The number of ketones is 1. The monoisotopic (exact) mass is 230 g/mol. The number of aryl methyl sites for hydroxylation is 2. The molecule has 1 heteroatoms. The van der Waals surface area contributed by atoms with Crippen LogP contribution in [0.3, 0.4) is 0 Å². The molecule has 0 aliphatic heterocycles. The predicted octanol–water partition coefficient (Wildman–Crippen LogP) is 4.29. The zero-order chi connectivity index (χ0) is 12.6. The number of rotatable bonds is 3. The van der Waals surface area contributed by atoms with Gasteiger partial charge >= 0.3 is 0 Å². The maximum absolute atomic E-state index is 12.4. The molecule has 1 aliphatic rings. The summed E-state index contributed by atoms with van der Waals surface area (Å²) in [5.41, 5.74) is 5.83. The molecule has 2 rings (SSSR count). The summed E-state index contributed by atoms with van der Waals surface area (Å²) in [7, 11) is 0. The topological polar surface area (TPSA) is 17.1 Å². The van der Waals surface area contributed by atoms with Gasteiger partial charge in [-0.3, -0.25) is 4.79 Å². The number of benzene rings is 1. The molecule has 0 unspecified atom stereocenters. The smallest absolute Gasteiger partial charge is 0.163 e. The lowest BCUT2D eigenvalue weighted by Gasteiger charge is -2.25. The predicted molar refractivity (Wildman–Crippen MR) is 71.7 cm³/mol. The van der Waals surface area contributed by atoms with Crippen LogP contribution >= 0.6 is 0 Å². The Morgan fingerprint density at radius 2 is 1.65 bits per heavy atom. The molecule has 0 amide bonds. The van der Waals surface area contributed by atoms with E-state index in [9.17, 15) is 4.79 Å². The Kier molecular flexibility index (Phi) is 3.37. The van der Waals surface area contributed by atoms with Crippen LogP contribution in [0.15, 0.2) is 6.07 Å². The van der Waals surface area contributed by atoms with Crippen LogP contribution in [-0.2, 0) is 0 Å². The van der Waals surface area contributed by atoms with Gasteiger partial charge in [0.15, 0.2) is 5.78 Å². The molecule has 0 spiro atoms. The average molecular weight is 230 g/mol. The first-order chi connectivity index (χ1) is 8.00. The Morgan fingerprint density at radius 3 is 2.06 bits per heavy atom. The van der Waals surface area contributed by atoms with E-state index in [-0.39, 0.29) is 0 Å². The second-order valence-electron chi connectivity index (χ2n) is 5.56. The average Bonchev–Trinajstić information content (AvgIpc) is 2.21. The minimum atomic E-state index is 0.358. The number of carbonyl (C=O) groups excluding carboxylic acids is 1. The molecule has 1 aliphatic carbocycles. The molecule has 1 aromatic rings. The lowest BCUT2D eigenvalue weighted by Crippen LogP contribution is -2.17. The van der Waals surface area contributed by atoms with Crippen molar-refractivity contribution in [3.8, 4) is 0 Å². The minimum absolute atomic E-state index is 0.358. The van der Waals surface area contributed by atoms with Gasteiger partial charge in [-0.25, -0.2) is 0 Å². The summed E-state index contributed by atoms with van der Waals surface area (Å²) in [6.45, 7) is 8.36. The van der Waals surface area contributed by atoms with Gasteiger partial charge in [-0.2, -0.15) is 0 Å². The van der Waals surface area contributed by atoms with Gasteiger partial charge in [0.05, 0.1) is 0 Å². The van der Waals surface area contributed by atoms with Gasteiger partial charge < -0.3 is 0 Å². The Labute approximate surface area is 104 Å². The summed E-state index contributed by atoms with van der Waals surface area (Å²) in [6.07, 6.45) is 4.55. The molecular weight excluding hydrogens is 208 g/mol. The van der Waals surface area contributed by atoms with E-state index >= 15 is 0 Å². The highest BCUT2D eigenvalue weighted by molar-refractivity contribution is 5.99. The zero-order valence-corrected chi connectivity index (χ0v) is 11.4. The summed E-state index contributed by atoms with van der Waals surface area (Å²) in [5.74, 6) is 1.01. The number of carbonyl (C=O) groups is 1. The van der Waals surface area contributed by atoms with Crippen LogP contribution in [-0.4, -0.2) is 5.78 Å². The molecule has 0 atom stereocenters. The molecular formula is C16H22O. The number of hydrogen-bond donors (Lipinski definition) is 0. The number of hydrogen-bond acceptors (Lipinski definition) is 1. The van der Waals surface area contributed by atoms with Crippen LogP contribution in [0.5, 0.6) is 0 Å². The Bertz CT molecular complexity index is 427. The Morgan fingerprint density at radius 1 is 1.12 bits per heavy atom. The lowest BCUT2D eigenvalue weighted by molar-refractivity contribution is 0.0935. The van der Waals surface area contributed by atoms with Gasteiger partial charge in [0.1, 0.15) is 0 Å². The van der Waals surface area contributed by atoms with Gasteiger partial charge in [0.25, 0.3) is 0 Å². The number of Topliss-reactive ketones (excluding diaryl/α,β-unsaturated/α-hetero) is 1. The van der Waals surface area contributed by atoms with Crippen molar-refractivity contribution in [1.82, 2.24) is 0 Å². The van der Waals surface area contributed by atoms with Crippen molar-refractivity contribution in [2.75, 3.05) is 0 Å². The van der Waals surface area contributed by atoms with Crippen LogP contribution < -0.4 is 0 Å². The molecule has 0 N–H and O–H groups in total. The summed E-state index contributed by atoms with van der Waals surface area (Å²) in [4.78, 5) is 12.4. The maximum atomic E-state index is 12.4. The molecule has 17 heavy (non-hydrogen) atoms. The van der Waals surface area contributed by atoms with Gasteiger partial charge in [-0.15, -0.1) is 0 Å². The van der Waals surface area contributed by atoms with Crippen LogP contribution in [0.4, 0.5) is 0 Å². The highest BCUT2D eigenvalue weighted by Crippen LogP contribution is 2.32. The van der Waals surface area contributed by atoms with Gasteiger partial charge in [0, 0.05) is 12.0 Å². The molecule has 0 aromatic heterocycles. The van der Waals surface area contributed by atoms with Crippen molar-refractivity contribution in [3.05, 3.63) is 33.9 Å². The van der Waals surface area contributed by atoms with E-state index in [1.165, 1.54) is 41.5 Å². The van der Waals surface area contributed by atoms with E-state index in [2.05, 4.69) is 33.8 Å². The quantitative estimate of drug-likeness (QED) is 0.708. The molecule has 1 saturated carbocycles. The van der Waals surface area contributed by atoms with Crippen molar-refractivity contribution in [3.63, 3.8) is 0 Å². The molecule has 0 bridgehead atoms. The van der Waals surface area contributed by atoms with Crippen LogP contribution in [0.1, 0.15) is 58.3 Å². The molecule has 0 radical (unpaired) electrons. The minimum Gasteiger partial charge on any atom is -0.294 e. The summed E-state index contributed by atoms with van der Waals surface area (Å²) < 4.78 is 0. The van der Waals surface area contributed by atoms with Gasteiger partial charge in [0.2, 0.25) is 0 Å². The lowest BCUT2D eigenvalue weighted by atomic mass is 9.79. The first kappa shape index (κ1) is 12.3. The molecule has 0 heterocycles. The third-order valence-corrected chi connectivity index (χ3v) is 4.34. The van der Waals surface area contributed by atoms with Crippen LogP contribution in [0.2, 0.25) is 0 Å². The fourth-order valence-corrected chi connectivity index (χ4v) is 2.70. The van der Waals surface area contributed by atoms with Crippen molar-refractivity contribution in [2.45, 2.75) is 53.4 Å². The second kappa shape index (κ2) is 4.64. The third-order valence-electron chi connectivity index (χ3n) is 4.34. The fourth-order valence-electron chi connectivity index (χ4n) is 2.70. The molecule has 1 fully saturated rings. The first-order valence-electron chi connectivity index (χ1n) is 6.61. The van der Waals surface area contributed by atoms with E-state index < -0.39 is 0 Å². The molecule has 92 valence electrons. The normalized spacial score (nSPS) is 15.8. The summed E-state index contributed by atoms with van der Waals surface area (Å²) in [6, 6.07) is 2.19. The maximum Gasteiger partial charge on any atom is 0.163 e. The van der Waals surface area contributed by atoms with Gasteiger partial charge in [-0.05, 0) is 55.9 Å². The molecule has 0 saturated heterocycles. The highest BCUT2D eigenvalue weighted by atomic mass is 16.1. The first-order valence-corrected chi connectivity index (χ1v) is 6.61. The summed E-state index contributed by atoms with van der Waals surface area (Å²) in [5, 5.41) is 0. The van der Waals surface area contributed by atoms with E-state index in [0.29, 0.717) is 11.7 Å². The molecule has 1 aromatic carbocycles. The van der Waals surface area contributed by atoms with E-state index in [4.69, 9.17) is 0 Å². The van der Waals surface area contributed by atoms with Crippen molar-refractivity contribution in [1.29, 1.82) is 0 Å². The zero-order valence-electron chi connectivity index (χ0n) is 11.4. The SMILES string of the molecule is Cc1cc(C)c(C)c(C(=O)CC2CCC2)c1C. The van der Waals surface area contributed by atoms with Crippen molar-refractivity contribution >= 4 is 5.78 Å². The Balaban J connectivity index is 2.32. The van der Waals surface area contributed by atoms with E-state index in [1.54, 1.807) is 0 Å². The second-order valence-corrected chi connectivity index (χ2v) is 5.56. The van der Waals surface area contributed by atoms with Crippen LogP contribution in [0.25, 0.3) is 0 Å². The van der Waals surface area contributed by atoms with E-state index in [0.717, 1.165) is 12.0 Å². The van der Waals surface area contributed by atoms with E-state index in [1.807, 2.05) is 0 Å². The van der Waals surface area contributed by atoms with Gasteiger partial charge in [-0.1, -0.05) is 25.3 Å². The summed E-state index contributed by atoms with van der Waals surface area (Å²) >= 11 is 0. The highest BCUT2D eigenvalue weighted by Gasteiger charge is 2.23. The van der Waals surface area contributed by atoms with Crippen molar-refractivity contribution in [2.24, 2.45) is 5.92 Å². The molecule has 1 nitrogen and oxygen atoms in total. The van der Waals surface area contributed by atoms with Crippen LogP contribution in [0, 0.1) is 33.6 Å². The largest absolute Gasteiger partial charge is 0.294 e. The standard InChI is InChI=1S/C16H22O/c1-10-8-11(2)13(4)16(12(10)3)15(17)9-14-6-5-7-14/h8,14H,5-7,9H2,1-4H3. The van der Waals surface area contributed by atoms with Crippen molar-refractivity contribution < 1.29 is 4.79 Å².